The Labute approximate surface area is 177 Å². The lowest BCUT2D eigenvalue weighted by molar-refractivity contribution is -0.134. The molecule has 2 amide bonds. The van der Waals surface area contributed by atoms with Crippen LogP contribution in [0.25, 0.3) is 0 Å². The molecular formula is C22H32N4O4. The van der Waals surface area contributed by atoms with E-state index >= 15 is 0 Å². The highest BCUT2D eigenvalue weighted by Gasteiger charge is 2.25. The molecule has 2 aromatic heterocycles. The predicted molar refractivity (Wildman–Crippen MR) is 112 cm³/mol. The van der Waals surface area contributed by atoms with Gasteiger partial charge in [0.05, 0.1) is 38.7 Å². The summed E-state index contributed by atoms with van der Waals surface area (Å²) in [6.07, 6.45) is 3.27. The number of rotatable bonds is 8. The van der Waals surface area contributed by atoms with Crippen molar-refractivity contribution < 1.29 is 18.4 Å². The quantitative estimate of drug-likeness (QED) is 0.708. The van der Waals surface area contributed by atoms with Gasteiger partial charge in [-0.15, -0.1) is 0 Å². The molecule has 3 rings (SSSR count). The van der Waals surface area contributed by atoms with E-state index in [1.807, 2.05) is 54.8 Å². The molecule has 0 bridgehead atoms. The molecule has 8 nitrogen and oxygen atoms in total. The lowest BCUT2D eigenvalue weighted by Crippen LogP contribution is -2.54. The molecule has 8 heteroatoms. The van der Waals surface area contributed by atoms with Crippen molar-refractivity contribution in [2.45, 2.75) is 39.4 Å². The van der Waals surface area contributed by atoms with Crippen LogP contribution >= 0.6 is 0 Å². The zero-order valence-corrected chi connectivity index (χ0v) is 18.1. The van der Waals surface area contributed by atoms with Gasteiger partial charge in [0, 0.05) is 31.7 Å². The Morgan fingerprint density at radius 2 is 1.57 bits per heavy atom. The first-order chi connectivity index (χ1) is 14.3. The van der Waals surface area contributed by atoms with Gasteiger partial charge in [0.15, 0.2) is 0 Å². The lowest BCUT2D eigenvalue weighted by atomic mass is 10.1. The minimum Gasteiger partial charge on any atom is -0.468 e. The van der Waals surface area contributed by atoms with E-state index in [1.165, 1.54) is 0 Å². The van der Waals surface area contributed by atoms with E-state index in [2.05, 4.69) is 10.2 Å². The molecule has 3 heterocycles. The van der Waals surface area contributed by atoms with Crippen LogP contribution < -0.4 is 5.32 Å². The second-order valence-corrected chi connectivity index (χ2v) is 8.76. The smallest absolute Gasteiger partial charge is 0.236 e. The van der Waals surface area contributed by atoms with Crippen molar-refractivity contribution in [3.8, 4) is 0 Å². The van der Waals surface area contributed by atoms with Crippen molar-refractivity contribution in [2.24, 2.45) is 0 Å². The number of amides is 2. The maximum Gasteiger partial charge on any atom is 0.236 e. The molecule has 1 aliphatic heterocycles. The van der Waals surface area contributed by atoms with E-state index in [-0.39, 0.29) is 23.9 Å². The number of nitrogens with zero attached hydrogens (tertiary/aromatic N) is 3. The molecule has 1 N–H and O–H groups in total. The summed E-state index contributed by atoms with van der Waals surface area (Å²) in [6, 6.07) is 7.50. The van der Waals surface area contributed by atoms with Gasteiger partial charge >= 0.3 is 0 Å². The van der Waals surface area contributed by atoms with Gasteiger partial charge in [-0.05, 0) is 45.0 Å². The van der Waals surface area contributed by atoms with E-state index in [0.29, 0.717) is 45.8 Å². The maximum absolute atomic E-state index is 12.9. The maximum atomic E-state index is 12.9. The Hall–Kier alpha value is -2.58. The van der Waals surface area contributed by atoms with E-state index in [0.717, 1.165) is 11.5 Å². The number of piperazine rings is 1. The number of nitrogens with one attached hydrogen (secondary N) is 1. The van der Waals surface area contributed by atoms with Crippen LogP contribution in [-0.4, -0.2) is 71.3 Å². The topological polar surface area (TPSA) is 82.2 Å². The summed E-state index contributed by atoms with van der Waals surface area (Å²) in [5, 5.41) is 2.98. The molecule has 0 aliphatic carbocycles. The molecule has 30 heavy (non-hydrogen) atoms. The normalized spacial score (nSPS) is 15.5. The summed E-state index contributed by atoms with van der Waals surface area (Å²) >= 11 is 0. The minimum atomic E-state index is -0.236. The van der Waals surface area contributed by atoms with Crippen LogP contribution in [0.4, 0.5) is 0 Å². The summed E-state index contributed by atoms with van der Waals surface area (Å²) in [7, 11) is 0. The standard InChI is InChI=1S/C22H32N4O4/c1-22(2,3)23-20(27)16-24-8-10-26(11-9-24)21(28)17-25(14-18-6-4-12-29-18)15-19-7-5-13-30-19/h4-7,12-13H,8-11,14-17H2,1-3H3,(H,23,27). The number of carbonyl (C=O) groups excluding carboxylic acids is 2. The van der Waals surface area contributed by atoms with Gasteiger partial charge in [-0.3, -0.25) is 19.4 Å². The second-order valence-electron chi connectivity index (χ2n) is 8.76. The first-order valence-electron chi connectivity index (χ1n) is 10.4. The number of hydrogen-bond donors (Lipinski definition) is 1. The molecular weight excluding hydrogens is 384 g/mol. The number of hydrogen-bond acceptors (Lipinski definition) is 6. The van der Waals surface area contributed by atoms with Gasteiger partial charge in [-0.1, -0.05) is 0 Å². The van der Waals surface area contributed by atoms with Crippen molar-refractivity contribution in [1.29, 1.82) is 0 Å². The molecule has 1 fully saturated rings. The van der Waals surface area contributed by atoms with Gasteiger partial charge in [0.1, 0.15) is 11.5 Å². The van der Waals surface area contributed by atoms with E-state index in [9.17, 15) is 9.59 Å². The van der Waals surface area contributed by atoms with Crippen LogP contribution in [-0.2, 0) is 22.7 Å². The second kappa shape index (κ2) is 9.95. The van der Waals surface area contributed by atoms with E-state index in [4.69, 9.17) is 8.83 Å². The molecule has 164 valence electrons. The Morgan fingerprint density at radius 3 is 2.03 bits per heavy atom. The van der Waals surface area contributed by atoms with Gasteiger partial charge in [-0.2, -0.15) is 0 Å². The van der Waals surface area contributed by atoms with Crippen LogP contribution in [0.15, 0.2) is 45.6 Å². The molecule has 0 radical (unpaired) electrons. The predicted octanol–water partition coefficient (Wildman–Crippen LogP) is 1.93. The van der Waals surface area contributed by atoms with Crippen LogP contribution in [0.2, 0.25) is 0 Å². The van der Waals surface area contributed by atoms with Crippen molar-refractivity contribution in [3.05, 3.63) is 48.3 Å². The highest BCUT2D eigenvalue weighted by molar-refractivity contribution is 5.79. The van der Waals surface area contributed by atoms with Crippen LogP contribution in [0.1, 0.15) is 32.3 Å². The molecule has 0 spiro atoms. The first-order valence-corrected chi connectivity index (χ1v) is 10.4. The fourth-order valence-electron chi connectivity index (χ4n) is 3.52. The average Bonchev–Trinajstić information content (AvgIpc) is 3.34. The Balaban J connectivity index is 1.49. The van der Waals surface area contributed by atoms with E-state index in [1.54, 1.807) is 12.5 Å². The number of furan rings is 2. The summed E-state index contributed by atoms with van der Waals surface area (Å²) < 4.78 is 10.9. The zero-order valence-electron chi connectivity index (χ0n) is 18.1. The first kappa shape index (κ1) is 22.1. The monoisotopic (exact) mass is 416 g/mol. The molecule has 1 aliphatic rings. The molecule has 0 atom stereocenters. The van der Waals surface area contributed by atoms with Gasteiger partial charge in [0.2, 0.25) is 11.8 Å². The summed E-state index contributed by atoms with van der Waals surface area (Å²) in [4.78, 5) is 31.0. The van der Waals surface area contributed by atoms with Gasteiger partial charge in [-0.25, -0.2) is 0 Å². The van der Waals surface area contributed by atoms with Crippen molar-refractivity contribution in [2.75, 3.05) is 39.3 Å². The largest absolute Gasteiger partial charge is 0.468 e. The zero-order chi connectivity index (χ0) is 21.6. The SMILES string of the molecule is CC(C)(C)NC(=O)CN1CCN(C(=O)CN(Cc2ccco2)Cc2ccco2)CC1. The molecule has 0 saturated carbocycles. The Kier molecular flexibility index (Phi) is 7.33. The minimum absolute atomic E-state index is 0.0188. The average molecular weight is 417 g/mol. The third-order valence-electron chi connectivity index (χ3n) is 4.88. The third kappa shape index (κ3) is 7.03. The van der Waals surface area contributed by atoms with Crippen molar-refractivity contribution >= 4 is 11.8 Å². The van der Waals surface area contributed by atoms with E-state index < -0.39 is 0 Å². The molecule has 0 unspecified atom stereocenters. The Morgan fingerprint density at radius 1 is 1.00 bits per heavy atom. The molecule has 2 aromatic rings. The lowest BCUT2D eigenvalue weighted by Gasteiger charge is -2.35. The highest BCUT2D eigenvalue weighted by atomic mass is 16.3. The summed E-state index contributed by atoms with van der Waals surface area (Å²) in [6.45, 7) is 10.3. The fraction of sp³-hybridized carbons (Fsp3) is 0.545. The van der Waals surface area contributed by atoms with Crippen LogP contribution in [0.5, 0.6) is 0 Å². The van der Waals surface area contributed by atoms with Crippen LogP contribution in [0.3, 0.4) is 0 Å². The summed E-state index contributed by atoms with van der Waals surface area (Å²) in [5.74, 6) is 1.71. The van der Waals surface area contributed by atoms with Gasteiger partial charge < -0.3 is 19.1 Å². The molecule has 1 saturated heterocycles. The van der Waals surface area contributed by atoms with Crippen molar-refractivity contribution in [3.63, 3.8) is 0 Å². The highest BCUT2D eigenvalue weighted by Crippen LogP contribution is 2.12. The van der Waals surface area contributed by atoms with Gasteiger partial charge in [0.25, 0.3) is 0 Å². The van der Waals surface area contributed by atoms with Crippen molar-refractivity contribution in [1.82, 2.24) is 20.0 Å². The fourth-order valence-corrected chi connectivity index (χ4v) is 3.52. The molecule has 0 aromatic carbocycles. The Bertz CT molecular complexity index is 751. The van der Waals surface area contributed by atoms with Crippen LogP contribution in [0, 0.1) is 0 Å². The third-order valence-corrected chi connectivity index (χ3v) is 4.88. The summed E-state index contributed by atoms with van der Waals surface area (Å²) in [5.41, 5.74) is -0.236. The number of carbonyl (C=O) groups is 2.